The molecule has 0 saturated heterocycles. The van der Waals surface area contributed by atoms with Crippen LogP contribution in [-0.2, 0) is 6.54 Å². The van der Waals surface area contributed by atoms with Crippen LogP contribution in [0.2, 0.25) is 0 Å². The molecule has 0 amide bonds. The van der Waals surface area contributed by atoms with Gasteiger partial charge in [-0.3, -0.25) is 0 Å². The molecule has 0 aliphatic rings. The zero-order valence-corrected chi connectivity index (χ0v) is 10.4. The van der Waals surface area contributed by atoms with Gasteiger partial charge in [0.2, 0.25) is 5.88 Å². The van der Waals surface area contributed by atoms with Gasteiger partial charge < -0.3 is 10.5 Å². The number of nitrogens with two attached hydrogens (primary N) is 1. The molecule has 0 fully saturated rings. The highest BCUT2D eigenvalue weighted by Crippen LogP contribution is 2.24. The molecule has 0 bridgehead atoms. The Kier molecular flexibility index (Phi) is 3.71. The van der Waals surface area contributed by atoms with Crippen LogP contribution in [0.4, 0.5) is 4.39 Å². The maximum Gasteiger partial charge on any atom is 0.219 e. The van der Waals surface area contributed by atoms with Gasteiger partial charge in [-0.1, -0.05) is 6.07 Å². The summed E-state index contributed by atoms with van der Waals surface area (Å²) in [6, 6.07) is 8.05. The van der Waals surface area contributed by atoms with Gasteiger partial charge in [-0.2, -0.15) is 0 Å². The molecule has 0 spiro atoms. The second-order valence-corrected chi connectivity index (χ2v) is 4.24. The first kappa shape index (κ1) is 12.0. The number of hydrogen-bond donors (Lipinski definition) is 1. The molecule has 0 saturated carbocycles. The second kappa shape index (κ2) is 5.25. The van der Waals surface area contributed by atoms with Crippen LogP contribution in [0, 0.1) is 5.82 Å². The van der Waals surface area contributed by atoms with E-state index in [1.165, 1.54) is 6.07 Å². The molecule has 2 N–H and O–H groups in total. The second-order valence-electron chi connectivity index (χ2n) is 3.39. The van der Waals surface area contributed by atoms with Crippen LogP contribution in [0.1, 0.15) is 5.56 Å². The maximum atomic E-state index is 13.2. The van der Waals surface area contributed by atoms with E-state index < -0.39 is 0 Å². The van der Waals surface area contributed by atoms with Gasteiger partial charge in [0, 0.05) is 24.9 Å². The Morgan fingerprint density at radius 2 is 2.12 bits per heavy atom. The molecule has 0 unspecified atom stereocenters. The summed E-state index contributed by atoms with van der Waals surface area (Å²) in [5.74, 6) is 0.434. The van der Waals surface area contributed by atoms with Gasteiger partial charge in [-0.05, 0) is 33.6 Å². The largest absolute Gasteiger partial charge is 0.439 e. The normalized spacial score (nSPS) is 10.3. The number of aromatic nitrogens is 1. The quantitative estimate of drug-likeness (QED) is 0.946. The number of benzene rings is 1. The van der Waals surface area contributed by atoms with Gasteiger partial charge in [0.25, 0.3) is 0 Å². The number of pyridine rings is 1. The standard InChI is InChI=1S/C12H10BrFN2O/c13-10-3-2-9(5-11(10)14)17-12-4-1-8(6-15)7-16-12/h1-5,7H,6,15H2. The van der Waals surface area contributed by atoms with Crippen LogP contribution in [0.5, 0.6) is 11.6 Å². The predicted molar refractivity (Wildman–Crippen MR) is 66.3 cm³/mol. The minimum atomic E-state index is -0.374. The van der Waals surface area contributed by atoms with Crippen molar-refractivity contribution < 1.29 is 9.13 Å². The van der Waals surface area contributed by atoms with Crippen LogP contribution >= 0.6 is 15.9 Å². The number of ether oxygens (including phenoxy) is 1. The maximum absolute atomic E-state index is 13.2. The van der Waals surface area contributed by atoms with Crippen molar-refractivity contribution in [3.63, 3.8) is 0 Å². The van der Waals surface area contributed by atoms with E-state index in [-0.39, 0.29) is 5.82 Å². The molecular formula is C12H10BrFN2O. The van der Waals surface area contributed by atoms with Crippen molar-refractivity contribution in [2.45, 2.75) is 6.54 Å². The molecule has 88 valence electrons. The zero-order valence-electron chi connectivity index (χ0n) is 8.86. The van der Waals surface area contributed by atoms with Gasteiger partial charge in [0.1, 0.15) is 11.6 Å². The molecule has 17 heavy (non-hydrogen) atoms. The van der Waals surface area contributed by atoms with E-state index in [0.29, 0.717) is 22.6 Å². The van der Waals surface area contributed by atoms with E-state index in [4.69, 9.17) is 10.5 Å². The van der Waals surface area contributed by atoms with Crippen molar-refractivity contribution in [1.29, 1.82) is 0 Å². The van der Waals surface area contributed by atoms with Crippen molar-refractivity contribution in [2.24, 2.45) is 5.73 Å². The van der Waals surface area contributed by atoms with Gasteiger partial charge in [-0.15, -0.1) is 0 Å². The molecule has 1 aromatic heterocycles. The molecule has 0 aliphatic carbocycles. The van der Waals surface area contributed by atoms with Crippen molar-refractivity contribution in [3.8, 4) is 11.6 Å². The third-order valence-corrected chi connectivity index (χ3v) is 2.79. The Bertz CT molecular complexity index is 516. The number of nitrogens with zero attached hydrogens (tertiary/aromatic N) is 1. The van der Waals surface area contributed by atoms with Crippen molar-refractivity contribution in [1.82, 2.24) is 4.98 Å². The van der Waals surface area contributed by atoms with Crippen LogP contribution in [0.25, 0.3) is 0 Å². The molecular weight excluding hydrogens is 287 g/mol. The van der Waals surface area contributed by atoms with Gasteiger partial charge in [0.15, 0.2) is 0 Å². The van der Waals surface area contributed by atoms with E-state index in [1.807, 2.05) is 6.07 Å². The lowest BCUT2D eigenvalue weighted by atomic mass is 10.3. The smallest absolute Gasteiger partial charge is 0.219 e. The van der Waals surface area contributed by atoms with Gasteiger partial charge >= 0.3 is 0 Å². The minimum Gasteiger partial charge on any atom is -0.439 e. The van der Waals surface area contributed by atoms with Crippen molar-refractivity contribution >= 4 is 15.9 Å². The molecule has 1 heterocycles. The Hall–Kier alpha value is -1.46. The van der Waals surface area contributed by atoms with Crippen LogP contribution in [0.15, 0.2) is 41.0 Å². The summed E-state index contributed by atoms with van der Waals surface area (Å²) in [6.45, 7) is 0.431. The Balaban J connectivity index is 2.16. The minimum absolute atomic E-state index is 0.374. The zero-order chi connectivity index (χ0) is 12.3. The van der Waals surface area contributed by atoms with Crippen molar-refractivity contribution in [3.05, 3.63) is 52.4 Å². The summed E-state index contributed by atoms with van der Waals surface area (Å²) in [6.07, 6.45) is 1.63. The molecule has 0 radical (unpaired) electrons. The molecule has 2 rings (SSSR count). The van der Waals surface area contributed by atoms with E-state index in [0.717, 1.165) is 5.56 Å². The highest BCUT2D eigenvalue weighted by molar-refractivity contribution is 9.10. The molecule has 1 aromatic carbocycles. The molecule has 0 atom stereocenters. The fourth-order valence-corrected chi connectivity index (χ4v) is 1.50. The van der Waals surface area contributed by atoms with Gasteiger partial charge in [0.05, 0.1) is 4.47 Å². The first-order chi connectivity index (χ1) is 8.19. The Morgan fingerprint density at radius 3 is 2.71 bits per heavy atom. The summed E-state index contributed by atoms with van der Waals surface area (Å²) in [7, 11) is 0. The lowest BCUT2D eigenvalue weighted by Crippen LogP contribution is -1.97. The SMILES string of the molecule is NCc1ccc(Oc2ccc(Br)c(F)c2)nc1. The summed E-state index contributed by atoms with van der Waals surface area (Å²) in [5.41, 5.74) is 6.37. The third kappa shape index (κ3) is 3.01. The van der Waals surface area contributed by atoms with E-state index in [2.05, 4.69) is 20.9 Å². The average molecular weight is 297 g/mol. The Morgan fingerprint density at radius 1 is 1.29 bits per heavy atom. The number of rotatable bonds is 3. The number of hydrogen-bond acceptors (Lipinski definition) is 3. The monoisotopic (exact) mass is 296 g/mol. The van der Waals surface area contributed by atoms with Crippen molar-refractivity contribution in [2.75, 3.05) is 0 Å². The Labute approximate surface area is 107 Å². The molecule has 3 nitrogen and oxygen atoms in total. The fraction of sp³-hybridized carbons (Fsp3) is 0.0833. The summed E-state index contributed by atoms with van der Waals surface area (Å²) >= 11 is 3.07. The van der Waals surface area contributed by atoms with E-state index >= 15 is 0 Å². The molecule has 2 aromatic rings. The lowest BCUT2D eigenvalue weighted by molar-refractivity contribution is 0.457. The summed E-state index contributed by atoms with van der Waals surface area (Å²) in [4.78, 5) is 4.06. The lowest BCUT2D eigenvalue weighted by Gasteiger charge is -2.05. The van der Waals surface area contributed by atoms with Gasteiger partial charge in [-0.25, -0.2) is 9.37 Å². The van der Waals surface area contributed by atoms with Crippen LogP contribution in [-0.4, -0.2) is 4.98 Å². The highest BCUT2D eigenvalue weighted by Gasteiger charge is 2.03. The third-order valence-electron chi connectivity index (χ3n) is 2.15. The first-order valence-electron chi connectivity index (χ1n) is 4.97. The molecule has 0 aliphatic heterocycles. The number of halogens is 2. The molecule has 5 heteroatoms. The highest BCUT2D eigenvalue weighted by atomic mass is 79.9. The summed E-state index contributed by atoms with van der Waals surface area (Å²) in [5, 5.41) is 0. The van der Waals surface area contributed by atoms with E-state index in [9.17, 15) is 4.39 Å². The van der Waals surface area contributed by atoms with Crippen LogP contribution in [0.3, 0.4) is 0 Å². The first-order valence-corrected chi connectivity index (χ1v) is 5.76. The topological polar surface area (TPSA) is 48.1 Å². The summed E-state index contributed by atoms with van der Waals surface area (Å²) < 4.78 is 19.0. The van der Waals surface area contributed by atoms with E-state index in [1.54, 1.807) is 24.4 Å². The average Bonchev–Trinajstić information content (AvgIpc) is 2.35. The van der Waals surface area contributed by atoms with Crippen LogP contribution < -0.4 is 10.5 Å². The predicted octanol–water partition coefficient (Wildman–Crippen LogP) is 3.23. The fourth-order valence-electron chi connectivity index (χ4n) is 1.25.